The Morgan fingerprint density at radius 2 is 1.25 bits per heavy atom. The van der Waals surface area contributed by atoms with Crippen LogP contribution in [-0.4, -0.2) is 94.2 Å². The molecule has 2 fully saturated rings. The number of ether oxygens (including phenoxy) is 5. The van der Waals surface area contributed by atoms with E-state index in [2.05, 4.69) is 9.97 Å². The molecule has 0 radical (unpaired) electrons. The van der Waals surface area contributed by atoms with E-state index in [0.717, 1.165) is 0 Å². The predicted molar refractivity (Wildman–Crippen MR) is 207 cm³/mol. The first kappa shape index (κ1) is 42.5. The topological polar surface area (TPSA) is 179 Å². The molecule has 3 aliphatic heterocycles. The molecule has 2 N–H and O–H groups in total. The van der Waals surface area contributed by atoms with Crippen LogP contribution in [0.2, 0.25) is 0 Å². The summed E-state index contributed by atoms with van der Waals surface area (Å²) >= 11 is 0. The van der Waals surface area contributed by atoms with Gasteiger partial charge in [0, 0.05) is 36.9 Å². The highest BCUT2D eigenvalue weighted by Gasteiger charge is 2.41. The predicted octanol–water partition coefficient (Wildman–Crippen LogP) is 6.46. The number of cyclic esters (lactones) is 2. The molecule has 2 aromatic rings. The fraction of sp³-hybridized carbons (Fsp3) is 0.488. The highest BCUT2D eigenvalue weighted by molar-refractivity contribution is 5.87. The molecule has 0 spiro atoms. The maximum atomic E-state index is 13.4. The van der Waals surface area contributed by atoms with E-state index in [1.54, 1.807) is 49.6 Å². The zero-order valence-electron chi connectivity index (χ0n) is 33.0. The zero-order chi connectivity index (χ0) is 40.5. The third kappa shape index (κ3) is 11.2. The minimum atomic E-state index is -0.884. The summed E-state index contributed by atoms with van der Waals surface area (Å²) in [4.78, 5) is 35.3. The van der Waals surface area contributed by atoms with Crippen LogP contribution >= 0.6 is 0 Å². The number of oxazole rings is 2. The first-order valence-electron chi connectivity index (χ1n) is 18.9. The SMILES string of the molecule is C/C=C/C(O)C(C)(C)C1C/C=C\[C@@H]2O[C@@H]2/C=C/C(OC)Cc2nc(co2)C(=O)OC(C(C)(C)C(O)/C=C/C)C/C=C\[C@@H]2O[C@H]2/C=C/C=C\c2nc(co2)C(=O)O1. The van der Waals surface area contributed by atoms with Gasteiger partial charge in [0.25, 0.3) is 0 Å². The van der Waals surface area contributed by atoms with E-state index < -0.39 is 53.3 Å². The number of carbonyl (C=O) groups is 2. The number of nitrogens with zero attached hydrogens (tertiary/aromatic N) is 2. The molecule has 13 heteroatoms. The average Bonchev–Trinajstić information content (AvgIpc) is 3.96. The summed E-state index contributed by atoms with van der Waals surface area (Å²) in [5.41, 5.74) is -1.68. The molecule has 4 bridgehead atoms. The van der Waals surface area contributed by atoms with E-state index in [1.165, 1.54) is 12.5 Å². The largest absolute Gasteiger partial charge is 0.457 e. The Kier molecular flexibility index (Phi) is 14.4. The normalized spacial score (nSPS) is 30.9. The lowest BCUT2D eigenvalue weighted by atomic mass is 9.79. The van der Waals surface area contributed by atoms with Crippen LogP contribution in [0.15, 0.2) is 100 Å². The Balaban J connectivity index is 1.37. The first-order valence-corrected chi connectivity index (χ1v) is 18.9. The number of allylic oxidation sites excluding steroid dienone is 4. The second-order valence-corrected chi connectivity index (χ2v) is 15.1. The average molecular weight is 775 g/mol. The standard InChI is InChI=1S/C43H54N2O11/c1-8-14-34(46)42(3,4)36-20-13-18-32-33(54-32)23-22-27(50-7)24-39-45-29(26-52-39)41(49)56-37(43(5,6)35(47)15-9-2)19-12-17-31-30(53-31)16-10-11-21-38-44-28(25-51-38)40(48)55-36/h8-18,21-23,25-27,30-37,46-47H,19-20,24H2,1-7H3/b14-8+,15-9+,16-10+,17-12-,18-13-,21-11-,23-22+/t27?,30-,31-,32-,33+,34?,35?,36?,37?/m0/s1. The maximum absolute atomic E-state index is 13.4. The molecule has 0 saturated carbocycles. The molecule has 2 aromatic heterocycles. The quantitative estimate of drug-likeness (QED) is 0.178. The lowest BCUT2D eigenvalue weighted by molar-refractivity contribution is -0.0461. The van der Waals surface area contributed by atoms with Crippen LogP contribution in [0.3, 0.4) is 0 Å². The van der Waals surface area contributed by atoms with Crippen molar-refractivity contribution < 1.29 is 52.3 Å². The molecule has 5 rings (SSSR count). The van der Waals surface area contributed by atoms with Crippen molar-refractivity contribution in [3.05, 3.63) is 115 Å². The van der Waals surface area contributed by atoms with Crippen molar-refractivity contribution in [3.8, 4) is 0 Å². The summed E-state index contributed by atoms with van der Waals surface area (Å²) < 4.78 is 40.3. The minimum Gasteiger partial charge on any atom is -0.457 e. The van der Waals surface area contributed by atoms with Gasteiger partial charge in [-0.25, -0.2) is 19.6 Å². The summed E-state index contributed by atoms with van der Waals surface area (Å²) in [5.74, 6) is -0.844. The van der Waals surface area contributed by atoms with Crippen molar-refractivity contribution >= 4 is 18.0 Å². The van der Waals surface area contributed by atoms with Crippen LogP contribution in [-0.2, 0) is 30.1 Å². The van der Waals surface area contributed by atoms with Crippen molar-refractivity contribution in [2.75, 3.05) is 7.11 Å². The van der Waals surface area contributed by atoms with Crippen LogP contribution in [0, 0.1) is 10.8 Å². The molecule has 5 heterocycles. The third-order valence-corrected chi connectivity index (χ3v) is 10.2. The monoisotopic (exact) mass is 774 g/mol. The number of hydrogen-bond donors (Lipinski definition) is 2. The summed E-state index contributed by atoms with van der Waals surface area (Å²) in [7, 11) is 1.56. The van der Waals surface area contributed by atoms with Crippen molar-refractivity contribution in [2.24, 2.45) is 10.8 Å². The maximum Gasteiger partial charge on any atom is 0.360 e. The van der Waals surface area contributed by atoms with Gasteiger partial charge < -0.3 is 42.7 Å². The number of aliphatic hydroxyl groups is 2. The van der Waals surface area contributed by atoms with E-state index in [1.807, 2.05) is 84.1 Å². The number of aliphatic hydroxyl groups excluding tert-OH is 2. The molecule has 0 aromatic carbocycles. The van der Waals surface area contributed by atoms with E-state index in [0.29, 0.717) is 12.8 Å². The molecule has 302 valence electrons. The fourth-order valence-corrected chi connectivity index (χ4v) is 6.10. The van der Waals surface area contributed by atoms with Crippen LogP contribution in [0.1, 0.15) is 87.1 Å². The number of carbonyl (C=O) groups excluding carboxylic acids is 2. The number of methoxy groups -OCH3 is 1. The number of esters is 2. The lowest BCUT2D eigenvalue weighted by Gasteiger charge is -2.36. The Labute approximate surface area is 328 Å². The minimum absolute atomic E-state index is 0.00381. The summed E-state index contributed by atoms with van der Waals surface area (Å²) in [5, 5.41) is 21.9. The van der Waals surface area contributed by atoms with Crippen LogP contribution in [0.25, 0.3) is 6.08 Å². The smallest absolute Gasteiger partial charge is 0.360 e. The van der Waals surface area contributed by atoms with Gasteiger partial charge in [0.15, 0.2) is 17.3 Å². The molecule has 0 amide bonds. The number of rotatable bonds is 7. The zero-order valence-corrected chi connectivity index (χ0v) is 33.0. The second-order valence-electron chi connectivity index (χ2n) is 15.1. The van der Waals surface area contributed by atoms with Crippen molar-refractivity contribution in [1.29, 1.82) is 0 Å². The van der Waals surface area contributed by atoms with E-state index >= 15 is 0 Å². The summed E-state index contributed by atoms with van der Waals surface area (Å²) in [6, 6.07) is 0. The molecular weight excluding hydrogens is 720 g/mol. The number of fused-ring (bicyclic) bond motifs is 6. The van der Waals surface area contributed by atoms with Crippen molar-refractivity contribution in [1.82, 2.24) is 9.97 Å². The highest BCUT2D eigenvalue weighted by atomic mass is 16.6. The number of hydrogen-bond acceptors (Lipinski definition) is 13. The molecule has 2 saturated heterocycles. The molecule has 5 unspecified atom stereocenters. The van der Waals surface area contributed by atoms with Gasteiger partial charge in [-0.15, -0.1) is 0 Å². The van der Waals surface area contributed by atoms with E-state index in [-0.39, 0.29) is 54.0 Å². The van der Waals surface area contributed by atoms with Gasteiger partial charge in [-0.3, -0.25) is 0 Å². The summed E-state index contributed by atoms with van der Waals surface area (Å²) in [6.45, 7) is 11.0. The van der Waals surface area contributed by atoms with Gasteiger partial charge in [-0.2, -0.15) is 0 Å². The van der Waals surface area contributed by atoms with Crippen molar-refractivity contribution in [3.63, 3.8) is 0 Å². The second kappa shape index (κ2) is 19.0. The number of epoxide rings is 2. The molecule has 3 aliphatic rings. The van der Waals surface area contributed by atoms with Crippen LogP contribution < -0.4 is 0 Å². The first-order chi connectivity index (χ1) is 26.8. The Bertz CT molecular complexity index is 1840. The molecule has 56 heavy (non-hydrogen) atoms. The van der Waals surface area contributed by atoms with Gasteiger partial charge in [0.1, 0.15) is 49.2 Å². The molecular formula is C43H54N2O11. The third-order valence-electron chi connectivity index (χ3n) is 10.2. The van der Waals surface area contributed by atoms with Crippen LogP contribution in [0.5, 0.6) is 0 Å². The van der Waals surface area contributed by atoms with Crippen LogP contribution in [0.4, 0.5) is 0 Å². The van der Waals surface area contributed by atoms with E-state index in [4.69, 9.17) is 32.5 Å². The Morgan fingerprint density at radius 3 is 1.80 bits per heavy atom. The van der Waals surface area contributed by atoms with Gasteiger partial charge in [0.05, 0.1) is 24.7 Å². The Hall–Kier alpha value is -4.66. The Morgan fingerprint density at radius 1 is 0.732 bits per heavy atom. The molecule has 13 nitrogen and oxygen atoms in total. The highest BCUT2D eigenvalue weighted by Crippen LogP contribution is 2.35. The van der Waals surface area contributed by atoms with Gasteiger partial charge in [-0.05, 0) is 13.8 Å². The van der Waals surface area contributed by atoms with E-state index in [9.17, 15) is 19.8 Å². The van der Waals surface area contributed by atoms with Gasteiger partial charge in [-0.1, -0.05) is 107 Å². The number of aromatic nitrogens is 2. The van der Waals surface area contributed by atoms with Gasteiger partial charge >= 0.3 is 11.9 Å². The van der Waals surface area contributed by atoms with Crippen molar-refractivity contribution in [2.45, 2.75) is 116 Å². The molecule has 0 aliphatic carbocycles. The summed E-state index contributed by atoms with van der Waals surface area (Å²) in [6.07, 6.45) is 24.1. The van der Waals surface area contributed by atoms with Gasteiger partial charge in [0.2, 0.25) is 5.89 Å². The molecule has 9 atom stereocenters. The lowest BCUT2D eigenvalue weighted by Crippen LogP contribution is -2.42. The fourth-order valence-electron chi connectivity index (χ4n) is 6.10.